The van der Waals surface area contributed by atoms with Gasteiger partial charge in [-0.05, 0) is 35.0 Å². The molecule has 18 heavy (non-hydrogen) atoms. The van der Waals surface area contributed by atoms with E-state index in [1.807, 2.05) is 30.3 Å². The van der Waals surface area contributed by atoms with Gasteiger partial charge in [0.1, 0.15) is 0 Å². The first-order valence-electron chi connectivity index (χ1n) is 5.58. The Balaban J connectivity index is 2.44. The van der Waals surface area contributed by atoms with E-state index in [1.54, 1.807) is 6.20 Å². The number of para-hydroxylation sites is 1. The monoisotopic (exact) mass is 307 g/mol. The predicted molar refractivity (Wildman–Crippen MR) is 76.7 cm³/mol. The minimum absolute atomic E-state index is 0.391. The van der Waals surface area contributed by atoms with Gasteiger partial charge in [0.05, 0.1) is 4.47 Å². The maximum atomic E-state index is 5.34. The summed E-state index contributed by atoms with van der Waals surface area (Å²) in [5.74, 6) is 6.52. The molecular formula is C12H14BrN5. The molecule has 6 heteroatoms. The van der Waals surface area contributed by atoms with E-state index in [9.17, 15) is 0 Å². The lowest BCUT2D eigenvalue weighted by molar-refractivity contribution is 0.966. The molecule has 0 spiro atoms. The maximum absolute atomic E-state index is 5.34. The molecule has 0 atom stereocenters. The highest BCUT2D eigenvalue weighted by atomic mass is 79.9. The summed E-state index contributed by atoms with van der Waals surface area (Å²) in [5.41, 5.74) is 3.53. The number of aromatic nitrogens is 2. The van der Waals surface area contributed by atoms with E-state index in [2.05, 4.69) is 43.1 Å². The molecule has 0 saturated carbocycles. The Morgan fingerprint density at radius 1 is 1.33 bits per heavy atom. The predicted octanol–water partition coefficient (Wildman–Crippen LogP) is 2.68. The van der Waals surface area contributed by atoms with E-state index in [4.69, 9.17) is 5.84 Å². The van der Waals surface area contributed by atoms with Crippen molar-refractivity contribution in [1.82, 2.24) is 9.97 Å². The lowest BCUT2D eigenvalue weighted by Gasteiger charge is -2.23. The first-order valence-corrected chi connectivity index (χ1v) is 6.37. The number of nitrogens with two attached hydrogens (primary N) is 1. The van der Waals surface area contributed by atoms with Crippen LogP contribution < -0.4 is 16.2 Å². The SMILES string of the molecule is CCN(c1ccccc1)c1nc(NN)ncc1Br. The molecule has 0 radical (unpaired) electrons. The van der Waals surface area contributed by atoms with Gasteiger partial charge in [-0.1, -0.05) is 18.2 Å². The Morgan fingerprint density at radius 2 is 2.06 bits per heavy atom. The maximum Gasteiger partial charge on any atom is 0.239 e. The Bertz CT molecular complexity index is 517. The number of hydrazine groups is 1. The van der Waals surface area contributed by atoms with E-state index < -0.39 is 0 Å². The fourth-order valence-corrected chi connectivity index (χ4v) is 2.08. The molecule has 2 aromatic rings. The molecule has 0 aliphatic heterocycles. The van der Waals surface area contributed by atoms with Gasteiger partial charge in [-0.15, -0.1) is 0 Å². The van der Waals surface area contributed by atoms with Crippen LogP contribution in [0.25, 0.3) is 0 Å². The van der Waals surface area contributed by atoms with Crippen molar-refractivity contribution >= 4 is 33.4 Å². The number of nitrogens with zero attached hydrogens (tertiary/aromatic N) is 3. The van der Waals surface area contributed by atoms with Gasteiger partial charge in [0, 0.05) is 18.4 Å². The highest BCUT2D eigenvalue weighted by molar-refractivity contribution is 9.10. The molecule has 5 nitrogen and oxygen atoms in total. The molecule has 0 saturated heterocycles. The van der Waals surface area contributed by atoms with Gasteiger partial charge in [0.15, 0.2) is 5.82 Å². The van der Waals surface area contributed by atoms with Crippen LogP contribution >= 0.6 is 15.9 Å². The number of nitrogen functional groups attached to an aromatic ring is 1. The van der Waals surface area contributed by atoms with Crippen LogP contribution in [0.4, 0.5) is 17.5 Å². The number of rotatable bonds is 4. The molecule has 0 fully saturated rings. The number of anilines is 3. The van der Waals surface area contributed by atoms with Crippen molar-refractivity contribution in [2.45, 2.75) is 6.92 Å². The Morgan fingerprint density at radius 3 is 2.67 bits per heavy atom. The molecule has 1 heterocycles. The molecule has 0 aliphatic rings. The zero-order chi connectivity index (χ0) is 13.0. The van der Waals surface area contributed by atoms with Gasteiger partial charge in [0.2, 0.25) is 5.95 Å². The van der Waals surface area contributed by atoms with Crippen molar-refractivity contribution in [2.24, 2.45) is 5.84 Å². The zero-order valence-electron chi connectivity index (χ0n) is 9.97. The normalized spacial score (nSPS) is 10.2. The van der Waals surface area contributed by atoms with Crippen molar-refractivity contribution in [1.29, 1.82) is 0 Å². The van der Waals surface area contributed by atoms with Crippen LogP contribution in [0.2, 0.25) is 0 Å². The lowest BCUT2D eigenvalue weighted by Crippen LogP contribution is -2.20. The summed E-state index contributed by atoms with van der Waals surface area (Å²) in [6, 6.07) is 10.0. The Kier molecular flexibility index (Phi) is 4.11. The van der Waals surface area contributed by atoms with Crippen molar-refractivity contribution in [2.75, 3.05) is 16.9 Å². The third kappa shape index (κ3) is 2.60. The molecule has 0 unspecified atom stereocenters. The van der Waals surface area contributed by atoms with E-state index in [-0.39, 0.29) is 0 Å². The second-order valence-corrected chi connectivity index (χ2v) is 4.44. The molecule has 2 rings (SSSR count). The third-order valence-electron chi connectivity index (χ3n) is 2.49. The van der Waals surface area contributed by atoms with Crippen LogP contribution in [0.15, 0.2) is 41.0 Å². The van der Waals surface area contributed by atoms with Crippen LogP contribution in [-0.2, 0) is 0 Å². The summed E-state index contributed by atoms with van der Waals surface area (Å²) < 4.78 is 0.826. The fourth-order valence-electron chi connectivity index (χ4n) is 1.68. The molecule has 1 aromatic carbocycles. The lowest BCUT2D eigenvalue weighted by atomic mass is 10.3. The van der Waals surface area contributed by atoms with Gasteiger partial charge in [-0.2, -0.15) is 4.98 Å². The summed E-state index contributed by atoms with van der Waals surface area (Å²) in [4.78, 5) is 10.5. The summed E-state index contributed by atoms with van der Waals surface area (Å²) >= 11 is 3.46. The average Bonchev–Trinajstić information content (AvgIpc) is 2.43. The quantitative estimate of drug-likeness (QED) is 0.671. The smallest absolute Gasteiger partial charge is 0.239 e. The number of hydrogen-bond acceptors (Lipinski definition) is 5. The number of benzene rings is 1. The molecular weight excluding hydrogens is 294 g/mol. The molecule has 3 N–H and O–H groups in total. The topological polar surface area (TPSA) is 67.1 Å². The van der Waals surface area contributed by atoms with Crippen molar-refractivity contribution in [3.63, 3.8) is 0 Å². The van der Waals surface area contributed by atoms with E-state index in [1.165, 1.54) is 0 Å². The van der Waals surface area contributed by atoms with E-state index in [0.29, 0.717) is 5.95 Å². The highest BCUT2D eigenvalue weighted by Gasteiger charge is 2.13. The van der Waals surface area contributed by atoms with Crippen LogP contribution in [0, 0.1) is 0 Å². The minimum Gasteiger partial charge on any atom is -0.326 e. The van der Waals surface area contributed by atoms with Crippen LogP contribution in [0.3, 0.4) is 0 Å². The molecule has 94 valence electrons. The number of hydrogen-bond donors (Lipinski definition) is 2. The van der Waals surface area contributed by atoms with Gasteiger partial charge >= 0.3 is 0 Å². The summed E-state index contributed by atoms with van der Waals surface area (Å²) in [6.45, 7) is 2.86. The molecule has 0 aliphatic carbocycles. The fraction of sp³-hybridized carbons (Fsp3) is 0.167. The summed E-state index contributed by atoms with van der Waals surface area (Å²) in [6.07, 6.45) is 1.68. The second-order valence-electron chi connectivity index (χ2n) is 3.59. The Hall–Kier alpha value is -1.66. The van der Waals surface area contributed by atoms with Gasteiger partial charge < -0.3 is 4.90 Å². The summed E-state index contributed by atoms with van der Waals surface area (Å²) in [7, 11) is 0. The van der Waals surface area contributed by atoms with E-state index in [0.717, 1.165) is 22.5 Å². The standard InChI is InChI=1S/C12H14BrN5/c1-2-18(9-6-4-3-5-7-9)11-10(13)8-15-12(16-11)17-14/h3-8H,2,14H2,1H3,(H,15,16,17). The van der Waals surface area contributed by atoms with Crippen molar-refractivity contribution in [3.05, 3.63) is 41.0 Å². The number of halogens is 1. The average molecular weight is 308 g/mol. The second kappa shape index (κ2) is 5.79. The van der Waals surface area contributed by atoms with Crippen LogP contribution in [0.5, 0.6) is 0 Å². The first-order chi connectivity index (χ1) is 8.76. The zero-order valence-corrected chi connectivity index (χ0v) is 11.6. The Labute approximate surface area is 114 Å². The largest absolute Gasteiger partial charge is 0.326 e. The van der Waals surface area contributed by atoms with Crippen molar-refractivity contribution in [3.8, 4) is 0 Å². The first kappa shape index (κ1) is 12.8. The summed E-state index contributed by atoms with van der Waals surface area (Å²) in [5, 5.41) is 0. The van der Waals surface area contributed by atoms with Crippen LogP contribution in [-0.4, -0.2) is 16.5 Å². The van der Waals surface area contributed by atoms with Gasteiger partial charge in [0.25, 0.3) is 0 Å². The van der Waals surface area contributed by atoms with E-state index >= 15 is 0 Å². The van der Waals surface area contributed by atoms with Crippen LogP contribution in [0.1, 0.15) is 6.92 Å². The van der Waals surface area contributed by atoms with Gasteiger partial charge in [-0.25, -0.2) is 10.8 Å². The third-order valence-corrected chi connectivity index (χ3v) is 3.05. The molecule has 0 amide bonds. The molecule has 1 aromatic heterocycles. The highest BCUT2D eigenvalue weighted by Crippen LogP contribution is 2.30. The molecule has 0 bridgehead atoms. The number of nitrogens with one attached hydrogen (secondary N) is 1. The van der Waals surface area contributed by atoms with Gasteiger partial charge in [-0.3, -0.25) is 5.43 Å². The van der Waals surface area contributed by atoms with Crippen molar-refractivity contribution < 1.29 is 0 Å². The minimum atomic E-state index is 0.391.